The Morgan fingerprint density at radius 2 is 1.97 bits per heavy atom. The van der Waals surface area contributed by atoms with Crippen LogP contribution in [0, 0.1) is 12.8 Å². The van der Waals surface area contributed by atoms with Gasteiger partial charge in [-0.15, -0.1) is 6.58 Å². The van der Waals surface area contributed by atoms with Crippen LogP contribution in [-0.2, 0) is 11.4 Å². The lowest BCUT2D eigenvalue weighted by Gasteiger charge is -2.19. The molecule has 1 saturated heterocycles. The van der Waals surface area contributed by atoms with E-state index in [1.807, 2.05) is 37.3 Å². The number of benzene rings is 2. The van der Waals surface area contributed by atoms with Gasteiger partial charge >= 0.3 is 0 Å². The number of nitrogens with zero attached hydrogens (tertiary/aromatic N) is 2. The Morgan fingerprint density at radius 3 is 2.71 bits per heavy atom. The normalized spacial score (nSPS) is 17.8. The van der Waals surface area contributed by atoms with E-state index in [9.17, 15) is 9.59 Å². The van der Waals surface area contributed by atoms with Crippen LogP contribution in [0.3, 0.4) is 0 Å². The van der Waals surface area contributed by atoms with Crippen molar-refractivity contribution in [2.75, 3.05) is 19.6 Å². The monoisotopic (exact) mass is 474 g/mol. The molecule has 182 valence electrons. The summed E-state index contributed by atoms with van der Waals surface area (Å²) < 4.78 is 5.99. The highest BCUT2D eigenvalue weighted by Gasteiger charge is 2.34. The van der Waals surface area contributed by atoms with Crippen molar-refractivity contribution in [2.45, 2.75) is 26.0 Å². The second-order valence-electron chi connectivity index (χ2n) is 8.84. The summed E-state index contributed by atoms with van der Waals surface area (Å²) in [4.78, 5) is 31.3. The summed E-state index contributed by atoms with van der Waals surface area (Å²) in [5, 5.41) is 13.0. The van der Waals surface area contributed by atoms with Gasteiger partial charge < -0.3 is 10.1 Å². The molecule has 3 aromatic rings. The van der Waals surface area contributed by atoms with E-state index >= 15 is 0 Å². The average molecular weight is 475 g/mol. The number of likely N-dealkylation sites (tertiary alicyclic amines) is 1. The number of hydrogen-bond donors (Lipinski definition) is 3. The molecule has 0 aliphatic carbocycles. The second-order valence-corrected chi connectivity index (χ2v) is 8.84. The molecular weight excluding hydrogens is 444 g/mol. The molecule has 35 heavy (non-hydrogen) atoms. The number of aromatic nitrogens is 1. The standard InChI is InChI=1S/C27H30N4O4/c1-3-12-31-15-20(14-26(32)30-34)25(16-31)29-27(33)19-8-10-22(11-9-19)35-17-21-13-18(2)28-24-7-5-4-6-23(21)24/h3-11,13,20,25,34H,1,12,14-17H2,2H3,(H,29,33)(H,30,32)/t20-,25+/m0/s1. The van der Waals surface area contributed by atoms with Crippen molar-refractivity contribution in [3.63, 3.8) is 0 Å². The number of rotatable bonds is 9. The third-order valence-corrected chi connectivity index (χ3v) is 6.23. The second kappa shape index (κ2) is 11.1. The number of nitrogens with one attached hydrogen (secondary N) is 2. The van der Waals surface area contributed by atoms with Crippen LogP contribution in [0.2, 0.25) is 0 Å². The Morgan fingerprint density at radius 1 is 1.20 bits per heavy atom. The molecule has 0 unspecified atom stereocenters. The molecule has 4 rings (SSSR count). The van der Waals surface area contributed by atoms with E-state index in [0.717, 1.165) is 22.2 Å². The minimum Gasteiger partial charge on any atom is -0.489 e. The lowest BCUT2D eigenvalue weighted by atomic mass is 9.99. The van der Waals surface area contributed by atoms with E-state index < -0.39 is 5.91 Å². The predicted octanol–water partition coefficient (Wildman–Crippen LogP) is 3.23. The first-order valence-corrected chi connectivity index (χ1v) is 11.6. The summed E-state index contributed by atoms with van der Waals surface area (Å²) in [7, 11) is 0. The lowest BCUT2D eigenvalue weighted by Crippen LogP contribution is -2.41. The molecule has 0 spiro atoms. The molecule has 1 aliphatic heterocycles. The van der Waals surface area contributed by atoms with Crippen molar-refractivity contribution in [3.05, 3.63) is 84.1 Å². The molecule has 8 heteroatoms. The van der Waals surface area contributed by atoms with Crippen LogP contribution < -0.4 is 15.5 Å². The molecule has 1 aliphatic rings. The zero-order valence-electron chi connectivity index (χ0n) is 19.7. The van der Waals surface area contributed by atoms with Gasteiger partial charge in [0.05, 0.1) is 5.52 Å². The summed E-state index contributed by atoms with van der Waals surface area (Å²) in [5.74, 6) is -0.122. The highest BCUT2D eigenvalue weighted by Crippen LogP contribution is 2.23. The maximum Gasteiger partial charge on any atom is 0.251 e. The van der Waals surface area contributed by atoms with Crippen molar-refractivity contribution >= 4 is 22.7 Å². The predicted molar refractivity (Wildman–Crippen MR) is 133 cm³/mol. The Bertz CT molecular complexity index is 1210. The molecule has 0 saturated carbocycles. The van der Waals surface area contributed by atoms with Crippen molar-refractivity contribution in [1.29, 1.82) is 0 Å². The summed E-state index contributed by atoms with van der Waals surface area (Å²) in [6.07, 6.45) is 1.92. The fraction of sp³-hybridized carbons (Fsp3) is 0.296. The van der Waals surface area contributed by atoms with Crippen molar-refractivity contribution in [3.8, 4) is 5.75 Å². The highest BCUT2D eigenvalue weighted by molar-refractivity contribution is 5.94. The number of aryl methyl sites for hydroxylation is 1. The van der Waals surface area contributed by atoms with Gasteiger partial charge in [0.15, 0.2) is 0 Å². The summed E-state index contributed by atoms with van der Waals surface area (Å²) in [5.41, 5.74) is 5.11. The molecule has 0 radical (unpaired) electrons. The van der Waals surface area contributed by atoms with Gasteiger partial charge in [-0.05, 0) is 43.3 Å². The number of carbonyl (C=O) groups is 2. The van der Waals surface area contributed by atoms with Gasteiger partial charge in [0.2, 0.25) is 5.91 Å². The minimum atomic E-state index is -0.464. The molecule has 2 heterocycles. The maximum absolute atomic E-state index is 12.9. The van der Waals surface area contributed by atoms with Crippen LogP contribution >= 0.6 is 0 Å². The van der Waals surface area contributed by atoms with E-state index in [4.69, 9.17) is 9.94 Å². The summed E-state index contributed by atoms with van der Waals surface area (Å²) in [6.45, 7) is 8.04. The largest absolute Gasteiger partial charge is 0.489 e. The van der Waals surface area contributed by atoms with Crippen molar-refractivity contribution in [2.24, 2.45) is 5.92 Å². The summed E-state index contributed by atoms with van der Waals surface area (Å²) in [6, 6.07) is 16.8. The van der Waals surface area contributed by atoms with Crippen LogP contribution in [0.4, 0.5) is 0 Å². The smallest absolute Gasteiger partial charge is 0.251 e. The molecule has 2 amide bonds. The number of pyridine rings is 1. The number of fused-ring (bicyclic) bond motifs is 1. The van der Waals surface area contributed by atoms with E-state index in [2.05, 4.69) is 21.8 Å². The average Bonchev–Trinajstić information content (AvgIpc) is 3.23. The molecule has 1 fully saturated rings. The number of hydrogen-bond acceptors (Lipinski definition) is 6. The quantitative estimate of drug-likeness (QED) is 0.250. The van der Waals surface area contributed by atoms with E-state index in [0.29, 0.717) is 37.6 Å². The van der Waals surface area contributed by atoms with Crippen molar-refractivity contribution < 1.29 is 19.5 Å². The fourth-order valence-electron chi connectivity index (χ4n) is 4.58. The molecule has 1 aromatic heterocycles. The van der Waals surface area contributed by atoms with Gasteiger partial charge in [-0.3, -0.25) is 24.7 Å². The molecule has 2 atom stereocenters. The van der Waals surface area contributed by atoms with Gasteiger partial charge in [0.25, 0.3) is 5.91 Å². The Hall–Kier alpha value is -3.75. The lowest BCUT2D eigenvalue weighted by molar-refractivity contribution is -0.130. The van der Waals surface area contributed by atoms with Gasteiger partial charge in [-0.2, -0.15) is 0 Å². The molecule has 8 nitrogen and oxygen atoms in total. The topological polar surface area (TPSA) is 104 Å². The molecule has 3 N–H and O–H groups in total. The van der Waals surface area contributed by atoms with E-state index in [1.54, 1.807) is 35.8 Å². The molecular formula is C27H30N4O4. The van der Waals surface area contributed by atoms with Crippen molar-refractivity contribution in [1.82, 2.24) is 20.7 Å². The van der Waals surface area contributed by atoms with Gasteiger partial charge in [-0.1, -0.05) is 24.3 Å². The zero-order valence-corrected chi connectivity index (χ0v) is 19.7. The highest BCUT2D eigenvalue weighted by atomic mass is 16.5. The van der Waals surface area contributed by atoms with E-state index in [-0.39, 0.29) is 24.3 Å². The number of ether oxygens (including phenoxy) is 1. The first kappa shape index (κ1) is 24.4. The number of hydroxylamine groups is 1. The van der Waals surface area contributed by atoms with Gasteiger partial charge in [0.1, 0.15) is 12.4 Å². The third-order valence-electron chi connectivity index (χ3n) is 6.23. The van der Waals surface area contributed by atoms with Crippen LogP contribution in [0.1, 0.15) is 28.0 Å². The van der Waals surface area contributed by atoms with E-state index in [1.165, 1.54) is 0 Å². The molecule has 0 bridgehead atoms. The van der Waals surface area contributed by atoms with Crippen LogP contribution in [-0.4, -0.2) is 52.6 Å². The number of carbonyl (C=O) groups excluding carboxylic acids is 2. The first-order chi connectivity index (χ1) is 17.0. The Labute approximate surface area is 204 Å². The first-order valence-electron chi connectivity index (χ1n) is 11.6. The maximum atomic E-state index is 12.9. The SMILES string of the molecule is C=CCN1C[C@H](CC(=O)NO)[C@H](NC(=O)c2ccc(OCc3cc(C)nc4ccccc34)cc2)C1. The molecule has 2 aromatic carbocycles. The Kier molecular flexibility index (Phi) is 7.74. The van der Waals surface area contributed by atoms with Gasteiger partial charge in [0, 0.05) is 60.2 Å². The van der Waals surface area contributed by atoms with Gasteiger partial charge in [-0.25, -0.2) is 5.48 Å². The number of amides is 2. The fourth-order valence-corrected chi connectivity index (χ4v) is 4.58. The Balaban J connectivity index is 1.39. The minimum absolute atomic E-state index is 0.104. The number of para-hydroxylation sites is 1. The van der Waals surface area contributed by atoms with Crippen LogP contribution in [0.5, 0.6) is 5.75 Å². The summed E-state index contributed by atoms with van der Waals surface area (Å²) >= 11 is 0. The van der Waals surface area contributed by atoms with Crippen LogP contribution in [0.25, 0.3) is 10.9 Å². The van der Waals surface area contributed by atoms with Crippen LogP contribution in [0.15, 0.2) is 67.3 Å². The third kappa shape index (κ3) is 6.03. The zero-order chi connectivity index (χ0) is 24.8.